The quantitative estimate of drug-likeness (QED) is 0.224. The smallest absolute Gasteiger partial charge is 0.295 e. The van der Waals surface area contributed by atoms with Gasteiger partial charge in [-0.05, 0) is 67.0 Å². The lowest BCUT2D eigenvalue weighted by atomic mass is 9.94. The molecule has 1 aliphatic rings. The Kier molecular flexibility index (Phi) is 8.48. The number of aryl methyl sites for hydroxylation is 1. The summed E-state index contributed by atoms with van der Waals surface area (Å²) in [5.41, 5.74) is 2.94. The molecule has 0 aliphatic carbocycles. The highest BCUT2D eigenvalue weighted by Gasteiger charge is 2.46. The lowest BCUT2D eigenvalue weighted by Crippen LogP contribution is -2.38. The molecule has 1 heterocycles. The van der Waals surface area contributed by atoms with Crippen LogP contribution in [0.2, 0.25) is 0 Å². The van der Waals surface area contributed by atoms with E-state index in [0.717, 1.165) is 24.2 Å². The molecule has 4 rings (SSSR count). The van der Waals surface area contributed by atoms with E-state index >= 15 is 0 Å². The number of hydrogen-bond donors (Lipinski definition) is 2. The number of likely N-dealkylation sites (tertiary alicyclic amines) is 1. The molecule has 2 N–H and O–H groups in total. The van der Waals surface area contributed by atoms with Crippen LogP contribution in [0.1, 0.15) is 42.1 Å². The van der Waals surface area contributed by atoms with Gasteiger partial charge in [0.15, 0.2) is 0 Å². The van der Waals surface area contributed by atoms with E-state index in [2.05, 4.69) is 4.90 Å². The first-order valence-electron chi connectivity index (χ1n) is 12.9. The summed E-state index contributed by atoms with van der Waals surface area (Å²) in [5, 5.41) is 21.2. The van der Waals surface area contributed by atoms with Crippen LogP contribution in [0.25, 0.3) is 5.76 Å². The minimum atomic E-state index is -0.763. The van der Waals surface area contributed by atoms with Crippen molar-refractivity contribution in [3.8, 4) is 11.5 Å². The molecule has 1 aliphatic heterocycles. The van der Waals surface area contributed by atoms with Crippen molar-refractivity contribution < 1.29 is 24.5 Å². The maximum Gasteiger partial charge on any atom is 0.295 e. The molecule has 1 amide bonds. The zero-order valence-corrected chi connectivity index (χ0v) is 22.1. The van der Waals surface area contributed by atoms with Gasteiger partial charge in [-0.15, -0.1) is 0 Å². The van der Waals surface area contributed by atoms with Crippen molar-refractivity contribution >= 4 is 17.4 Å². The highest BCUT2D eigenvalue weighted by atomic mass is 16.5. The summed E-state index contributed by atoms with van der Waals surface area (Å²) in [7, 11) is 0. The van der Waals surface area contributed by atoms with E-state index in [1.165, 1.54) is 17.0 Å². The number of rotatable bonds is 10. The Morgan fingerprint density at radius 1 is 0.974 bits per heavy atom. The van der Waals surface area contributed by atoms with Crippen LogP contribution in [0.5, 0.6) is 11.5 Å². The normalized spacial score (nSPS) is 16.8. The highest BCUT2D eigenvalue weighted by molar-refractivity contribution is 6.46. The predicted molar refractivity (Wildman–Crippen MR) is 147 cm³/mol. The third-order valence-corrected chi connectivity index (χ3v) is 6.99. The Morgan fingerprint density at radius 2 is 1.66 bits per heavy atom. The molecular formula is C31H34N2O5. The molecule has 1 fully saturated rings. The average Bonchev–Trinajstić information content (AvgIpc) is 3.18. The van der Waals surface area contributed by atoms with Gasteiger partial charge in [0.2, 0.25) is 0 Å². The van der Waals surface area contributed by atoms with Crippen LogP contribution in [-0.2, 0) is 16.2 Å². The summed E-state index contributed by atoms with van der Waals surface area (Å²) in [5.74, 6) is -0.848. The van der Waals surface area contributed by atoms with E-state index in [9.17, 15) is 19.8 Å². The number of amides is 1. The number of aliphatic hydroxyl groups excluding tert-OH is 1. The molecule has 38 heavy (non-hydrogen) atoms. The molecular weight excluding hydrogens is 480 g/mol. The average molecular weight is 515 g/mol. The van der Waals surface area contributed by atoms with Crippen LogP contribution < -0.4 is 4.74 Å². The summed E-state index contributed by atoms with van der Waals surface area (Å²) in [6.07, 6.45) is 0. The summed E-state index contributed by atoms with van der Waals surface area (Å²) in [4.78, 5) is 30.1. The standard InChI is InChI=1S/C31H34N2O5/c1-4-32(5-2)17-18-33-28(23-11-14-25(34)15-12-23)27(30(36)31(33)37)29(35)24-13-16-26(21(3)19-24)38-20-22-9-7-6-8-10-22/h6-16,19,28,34-35H,4-5,17-18,20H2,1-3H3/t28-/m1/s1. The maximum atomic E-state index is 13.3. The van der Waals surface area contributed by atoms with Gasteiger partial charge in [0.05, 0.1) is 11.6 Å². The second-order valence-electron chi connectivity index (χ2n) is 9.37. The number of Topliss-reactive ketones (excluding diaryl/α,β-unsaturated/α-hetero) is 1. The summed E-state index contributed by atoms with van der Waals surface area (Å²) < 4.78 is 5.96. The van der Waals surface area contributed by atoms with Crippen LogP contribution in [0, 0.1) is 6.92 Å². The van der Waals surface area contributed by atoms with Gasteiger partial charge >= 0.3 is 0 Å². The van der Waals surface area contributed by atoms with Gasteiger partial charge in [0.25, 0.3) is 11.7 Å². The topological polar surface area (TPSA) is 90.3 Å². The number of aromatic hydroxyl groups is 1. The van der Waals surface area contributed by atoms with Crippen LogP contribution in [0.15, 0.2) is 78.4 Å². The lowest BCUT2D eigenvalue weighted by molar-refractivity contribution is -0.140. The Hall–Kier alpha value is -4.10. The van der Waals surface area contributed by atoms with E-state index < -0.39 is 17.7 Å². The van der Waals surface area contributed by atoms with Crippen molar-refractivity contribution in [3.63, 3.8) is 0 Å². The van der Waals surface area contributed by atoms with Crippen molar-refractivity contribution in [2.75, 3.05) is 26.2 Å². The number of carbonyl (C=O) groups excluding carboxylic acids is 2. The SMILES string of the molecule is CCN(CC)CCN1C(=O)C(=O)C(=C(O)c2ccc(OCc3ccccc3)c(C)c2)[C@H]1c1ccc(O)cc1. The van der Waals surface area contributed by atoms with Crippen molar-refractivity contribution in [2.45, 2.75) is 33.4 Å². The van der Waals surface area contributed by atoms with E-state index in [4.69, 9.17) is 4.74 Å². The Morgan fingerprint density at radius 3 is 2.29 bits per heavy atom. The first-order chi connectivity index (χ1) is 18.3. The number of phenolic OH excluding ortho intramolecular Hbond substituents is 1. The zero-order chi connectivity index (χ0) is 27.2. The van der Waals surface area contributed by atoms with Gasteiger partial charge in [-0.25, -0.2) is 0 Å². The summed E-state index contributed by atoms with van der Waals surface area (Å²) in [6, 6.07) is 20.7. The van der Waals surface area contributed by atoms with Gasteiger partial charge in [0.1, 0.15) is 23.9 Å². The fourth-order valence-electron chi connectivity index (χ4n) is 4.75. The van der Waals surface area contributed by atoms with Gasteiger partial charge in [-0.2, -0.15) is 0 Å². The van der Waals surface area contributed by atoms with E-state index in [1.807, 2.05) is 51.1 Å². The fraction of sp³-hybridized carbons (Fsp3) is 0.290. The number of nitrogens with zero attached hydrogens (tertiary/aromatic N) is 2. The molecule has 7 heteroatoms. The number of benzene rings is 3. The fourth-order valence-corrected chi connectivity index (χ4v) is 4.75. The number of phenols is 1. The molecule has 0 spiro atoms. The van der Waals surface area contributed by atoms with E-state index in [0.29, 0.717) is 36.6 Å². The minimum absolute atomic E-state index is 0.0394. The summed E-state index contributed by atoms with van der Waals surface area (Å²) in [6.45, 7) is 8.95. The van der Waals surface area contributed by atoms with E-state index in [-0.39, 0.29) is 17.1 Å². The molecule has 0 radical (unpaired) electrons. The molecule has 0 saturated carbocycles. The first kappa shape index (κ1) is 26.9. The minimum Gasteiger partial charge on any atom is -0.508 e. The van der Waals surface area contributed by atoms with Crippen molar-refractivity contribution in [3.05, 3.63) is 101 Å². The second kappa shape index (κ2) is 12.0. The molecule has 3 aromatic carbocycles. The molecule has 1 saturated heterocycles. The van der Waals surface area contributed by atoms with Crippen LogP contribution in [-0.4, -0.2) is 57.9 Å². The zero-order valence-electron chi connectivity index (χ0n) is 22.1. The molecule has 0 unspecified atom stereocenters. The summed E-state index contributed by atoms with van der Waals surface area (Å²) >= 11 is 0. The Bertz CT molecular complexity index is 1310. The Balaban J connectivity index is 1.68. The van der Waals surface area contributed by atoms with Crippen molar-refractivity contribution in [2.24, 2.45) is 0 Å². The number of ketones is 1. The molecule has 1 atom stereocenters. The number of aliphatic hydroxyl groups is 1. The highest BCUT2D eigenvalue weighted by Crippen LogP contribution is 2.40. The molecule has 3 aromatic rings. The molecule has 0 aromatic heterocycles. The predicted octanol–water partition coefficient (Wildman–Crippen LogP) is 5.04. The van der Waals surface area contributed by atoms with Crippen molar-refractivity contribution in [1.29, 1.82) is 0 Å². The maximum absolute atomic E-state index is 13.3. The second-order valence-corrected chi connectivity index (χ2v) is 9.37. The number of hydrogen-bond acceptors (Lipinski definition) is 6. The number of ether oxygens (including phenoxy) is 1. The monoisotopic (exact) mass is 514 g/mol. The molecule has 0 bridgehead atoms. The van der Waals surface area contributed by atoms with Gasteiger partial charge < -0.3 is 24.7 Å². The van der Waals surface area contributed by atoms with Crippen LogP contribution in [0.3, 0.4) is 0 Å². The molecule has 198 valence electrons. The van der Waals surface area contributed by atoms with Gasteiger partial charge in [0, 0.05) is 18.7 Å². The van der Waals surface area contributed by atoms with Gasteiger partial charge in [-0.3, -0.25) is 9.59 Å². The van der Waals surface area contributed by atoms with Crippen LogP contribution in [0.4, 0.5) is 0 Å². The first-order valence-corrected chi connectivity index (χ1v) is 12.9. The third kappa shape index (κ3) is 5.73. The lowest BCUT2D eigenvalue weighted by Gasteiger charge is -2.28. The van der Waals surface area contributed by atoms with Crippen molar-refractivity contribution in [1.82, 2.24) is 9.80 Å². The number of likely N-dealkylation sites (N-methyl/N-ethyl adjacent to an activating group) is 1. The van der Waals surface area contributed by atoms with Crippen LogP contribution >= 0.6 is 0 Å². The third-order valence-electron chi connectivity index (χ3n) is 6.99. The largest absolute Gasteiger partial charge is 0.508 e. The molecule has 7 nitrogen and oxygen atoms in total. The Labute approximate surface area is 223 Å². The van der Waals surface area contributed by atoms with E-state index in [1.54, 1.807) is 30.3 Å². The van der Waals surface area contributed by atoms with Gasteiger partial charge in [-0.1, -0.05) is 56.3 Å². The number of carbonyl (C=O) groups is 2.